The molecular weight excluding hydrogens is 276 g/mol. The Balaban J connectivity index is 0.000000219. The molecule has 21 heavy (non-hydrogen) atoms. The quantitative estimate of drug-likeness (QED) is 0.579. The first kappa shape index (κ1) is 17.3. The zero-order chi connectivity index (χ0) is 15.5. The van der Waals surface area contributed by atoms with Gasteiger partial charge < -0.3 is 0 Å². The Morgan fingerprint density at radius 3 is 1.76 bits per heavy atom. The van der Waals surface area contributed by atoms with Crippen LogP contribution in [-0.4, -0.2) is 0 Å². The average molecular weight is 299 g/mol. The van der Waals surface area contributed by atoms with E-state index in [1.54, 1.807) is 6.08 Å². The van der Waals surface area contributed by atoms with E-state index in [4.69, 9.17) is 11.6 Å². The van der Waals surface area contributed by atoms with Gasteiger partial charge in [0.2, 0.25) is 0 Å². The number of unbranched alkanes of at least 4 members (excludes halogenated alkanes) is 1. The van der Waals surface area contributed by atoms with Gasteiger partial charge in [-0.1, -0.05) is 86.7 Å². The minimum Gasteiger partial charge on any atom is -0.0985 e. The molecule has 0 nitrogen and oxygen atoms in total. The lowest BCUT2D eigenvalue weighted by molar-refractivity contribution is 0.795. The minimum atomic E-state index is 0.764. The van der Waals surface area contributed by atoms with Crippen LogP contribution in [-0.2, 0) is 6.42 Å². The van der Waals surface area contributed by atoms with E-state index in [1.807, 2.05) is 30.3 Å². The van der Waals surface area contributed by atoms with Crippen LogP contribution in [0.5, 0.6) is 0 Å². The lowest BCUT2D eigenvalue weighted by atomic mass is 10.1. The predicted octanol–water partition coefficient (Wildman–Crippen LogP) is 6.66. The Hall–Kier alpha value is -1.79. The fourth-order valence-corrected chi connectivity index (χ4v) is 1.93. The van der Waals surface area contributed by atoms with Crippen molar-refractivity contribution >= 4 is 23.8 Å². The summed E-state index contributed by atoms with van der Waals surface area (Å²) in [5, 5.41) is 0.764. The molecule has 1 heteroatoms. The summed E-state index contributed by atoms with van der Waals surface area (Å²) in [6, 6.07) is 16.2. The molecule has 0 N–H and O–H groups in total. The van der Waals surface area contributed by atoms with E-state index < -0.39 is 0 Å². The largest absolute Gasteiger partial charge is 0.0985 e. The topological polar surface area (TPSA) is 0 Å². The van der Waals surface area contributed by atoms with Gasteiger partial charge in [0, 0.05) is 5.02 Å². The fourth-order valence-electron chi connectivity index (χ4n) is 1.80. The molecule has 0 saturated heterocycles. The summed E-state index contributed by atoms with van der Waals surface area (Å²) in [7, 11) is 0. The van der Waals surface area contributed by atoms with Gasteiger partial charge in [-0.05, 0) is 41.7 Å². The lowest BCUT2D eigenvalue weighted by Crippen LogP contribution is -1.83. The van der Waals surface area contributed by atoms with Crippen molar-refractivity contribution in [3.8, 4) is 0 Å². The van der Waals surface area contributed by atoms with Crippen LogP contribution in [0.15, 0.2) is 61.7 Å². The monoisotopic (exact) mass is 298 g/mol. The Morgan fingerprint density at radius 1 is 0.857 bits per heavy atom. The van der Waals surface area contributed by atoms with Crippen molar-refractivity contribution in [3.63, 3.8) is 0 Å². The van der Waals surface area contributed by atoms with E-state index in [0.29, 0.717) is 0 Å². The molecule has 0 saturated carbocycles. The number of benzene rings is 2. The van der Waals surface area contributed by atoms with Crippen molar-refractivity contribution in [2.75, 3.05) is 0 Å². The van der Waals surface area contributed by atoms with Crippen LogP contribution >= 0.6 is 11.6 Å². The smallest absolute Gasteiger partial charge is 0.0406 e. The van der Waals surface area contributed by atoms with E-state index >= 15 is 0 Å². The molecule has 0 aliphatic rings. The molecule has 2 aromatic rings. The van der Waals surface area contributed by atoms with Crippen LogP contribution in [0.25, 0.3) is 12.2 Å². The molecule has 0 heterocycles. The molecule has 0 amide bonds. The molecule has 2 rings (SSSR count). The Labute approximate surface area is 133 Å². The van der Waals surface area contributed by atoms with Crippen molar-refractivity contribution in [3.05, 3.63) is 83.4 Å². The third-order valence-corrected chi connectivity index (χ3v) is 3.39. The molecule has 0 bridgehead atoms. The first-order valence-electron chi connectivity index (χ1n) is 7.29. The number of aryl methyl sites for hydroxylation is 1. The fraction of sp³-hybridized carbons (Fsp3) is 0.200. The minimum absolute atomic E-state index is 0.764. The molecule has 0 atom stereocenters. The highest BCUT2D eigenvalue weighted by Gasteiger charge is 1.91. The highest BCUT2D eigenvalue weighted by molar-refractivity contribution is 6.30. The van der Waals surface area contributed by atoms with Crippen LogP contribution in [0.3, 0.4) is 0 Å². The number of rotatable bonds is 5. The second kappa shape index (κ2) is 10.0. The van der Waals surface area contributed by atoms with Crippen molar-refractivity contribution < 1.29 is 0 Å². The molecule has 0 unspecified atom stereocenters. The van der Waals surface area contributed by atoms with Crippen LogP contribution in [0.1, 0.15) is 36.5 Å². The van der Waals surface area contributed by atoms with Crippen LogP contribution in [0.4, 0.5) is 0 Å². The molecule has 110 valence electrons. The molecule has 0 spiro atoms. The Kier molecular flexibility index (Phi) is 8.23. The summed E-state index contributed by atoms with van der Waals surface area (Å²) < 4.78 is 0. The highest BCUT2D eigenvalue weighted by Crippen LogP contribution is 2.09. The molecule has 0 aliphatic heterocycles. The molecular formula is C20H23Cl. The van der Waals surface area contributed by atoms with Crippen LogP contribution in [0, 0.1) is 0 Å². The lowest BCUT2D eigenvalue weighted by Gasteiger charge is -1.99. The molecule has 0 aromatic heterocycles. The van der Waals surface area contributed by atoms with Gasteiger partial charge in [-0.3, -0.25) is 0 Å². The van der Waals surface area contributed by atoms with Gasteiger partial charge in [-0.2, -0.15) is 0 Å². The Morgan fingerprint density at radius 2 is 1.33 bits per heavy atom. The summed E-state index contributed by atoms with van der Waals surface area (Å²) in [5.41, 5.74) is 3.73. The molecule has 0 radical (unpaired) electrons. The maximum Gasteiger partial charge on any atom is 0.0406 e. The third-order valence-electron chi connectivity index (χ3n) is 3.14. The van der Waals surface area contributed by atoms with Crippen molar-refractivity contribution in [1.82, 2.24) is 0 Å². The maximum absolute atomic E-state index is 5.63. The number of hydrogen-bond acceptors (Lipinski definition) is 0. The standard InChI is InChI=1S/C12H16.C8H7Cl/c1-3-5-6-12-9-7-11(4-2)8-10-12;1-2-7-3-5-8(9)6-4-7/h4,7-10H,2-3,5-6H2,1H3;2-6H,1H2. The van der Waals surface area contributed by atoms with Crippen molar-refractivity contribution in [2.24, 2.45) is 0 Å². The maximum atomic E-state index is 5.63. The summed E-state index contributed by atoms with van der Waals surface area (Å²) in [4.78, 5) is 0. The highest BCUT2D eigenvalue weighted by atomic mass is 35.5. The van der Waals surface area contributed by atoms with Gasteiger partial charge in [0.25, 0.3) is 0 Å². The summed E-state index contributed by atoms with van der Waals surface area (Å²) >= 11 is 5.63. The van der Waals surface area contributed by atoms with E-state index in [0.717, 1.165) is 10.6 Å². The van der Waals surface area contributed by atoms with Gasteiger partial charge >= 0.3 is 0 Å². The molecule has 0 aliphatic carbocycles. The normalized spacial score (nSPS) is 9.43. The predicted molar refractivity (Wildman–Crippen MR) is 96.7 cm³/mol. The van der Waals surface area contributed by atoms with Gasteiger partial charge in [0.05, 0.1) is 0 Å². The first-order valence-corrected chi connectivity index (χ1v) is 7.66. The van der Waals surface area contributed by atoms with Gasteiger partial charge in [0.1, 0.15) is 0 Å². The van der Waals surface area contributed by atoms with Gasteiger partial charge in [-0.25, -0.2) is 0 Å². The Bertz CT molecular complexity index is 535. The van der Waals surface area contributed by atoms with Gasteiger partial charge in [-0.15, -0.1) is 0 Å². The van der Waals surface area contributed by atoms with Crippen molar-refractivity contribution in [2.45, 2.75) is 26.2 Å². The SMILES string of the molecule is C=Cc1ccc(CCCC)cc1.C=Cc1ccc(Cl)cc1. The summed E-state index contributed by atoms with van der Waals surface area (Å²) in [5.74, 6) is 0. The third kappa shape index (κ3) is 6.97. The van der Waals surface area contributed by atoms with E-state index in [9.17, 15) is 0 Å². The zero-order valence-corrected chi connectivity index (χ0v) is 13.4. The number of hydrogen-bond donors (Lipinski definition) is 0. The van der Waals surface area contributed by atoms with Gasteiger partial charge in [0.15, 0.2) is 0 Å². The van der Waals surface area contributed by atoms with E-state index in [-0.39, 0.29) is 0 Å². The average Bonchev–Trinajstić information content (AvgIpc) is 2.55. The molecule has 0 fully saturated rings. The number of halogens is 1. The summed E-state index contributed by atoms with van der Waals surface area (Å²) in [6.07, 6.45) is 7.42. The second-order valence-corrected chi connectivity index (χ2v) is 5.24. The first-order chi connectivity index (χ1) is 10.2. The van der Waals surface area contributed by atoms with Crippen molar-refractivity contribution in [1.29, 1.82) is 0 Å². The van der Waals surface area contributed by atoms with Crippen LogP contribution in [0.2, 0.25) is 5.02 Å². The zero-order valence-electron chi connectivity index (χ0n) is 12.7. The summed E-state index contributed by atoms with van der Waals surface area (Å²) in [6.45, 7) is 9.56. The molecule has 2 aromatic carbocycles. The van der Waals surface area contributed by atoms with E-state index in [2.05, 4.69) is 44.3 Å². The second-order valence-electron chi connectivity index (χ2n) is 4.80. The van der Waals surface area contributed by atoms with Crippen LogP contribution < -0.4 is 0 Å². The van der Waals surface area contributed by atoms with E-state index in [1.165, 1.54) is 30.4 Å².